The number of unbranched alkanes of at least 4 members (excludes halogenated alkanes) is 11. The van der Waals surface area contributed by atoms with E-state index in [0.29, 0.717) is 6.42 Å². The van der Waals surface area contributed by atoms with E-state index in [4.69, 9.17) is 14.6 Å². The fourth-order valence-corrected chi connectivity index (χ4v) is 3.95. The van der Waals surface area contributed by atoms with Crippen molar-refractivity contribution in [3.63, 3.8) is 0 Å². The molecule has 1 saturated heterocycles. The lowest BCUT2D eigenvalue weighted by Gasteiger charge is -2.12. The minimum absolute atomic E-state index is 0.136. The number of aliphatic hydroxyl groups excluding tert-OH is 1. The first kappa shape index (κ1) is 28.2. The Morgan fingerprint density at radius 1 is 1.09 bits per heavy atom. The lowest BCUT2D eigenvalue weighted by molar-refractivity contribution is -0.116. The molecule has 0 aromatic carbocycles. The molecule has 1 aromatic heterocycles. The summed E-state index contributed by atoms with van der Waals surface area (Å²) in [5, 5.41) is 11.7. The van der Waals surface area contributed by atoms with Crippen molar-refractivity contribution in [2.75, 3.05) is 18.5 Å². The molecule has 1 aromatic rings. The van der Waals surface area contributed by atoms with Gasteiger partial charge in [-0.2, -0.15) is 4.98 Å². The first-order chi connectivity index (χ1) is 16.6. The molecule has 0 saturated carbocycles. The third-order valence-electron chi connectivity index (χ3n) is 5.96. The van der Waals surface area contributed by atoms with E-state index in [0.717, 1.165) is 25.7 Å². The molecule has 2 atom stereocenters. The van der Waals surface area contributed by atoms with Crippen LogP contribution in [0.4, 0.5) is 5.82 Å². The Bertz CT molecular complexity index is 780. The van der Waals surface area contributed by atoms with Crippen LogP contribution in [0.2, 0.25) is 0 Å². The molecular weight excluding hydrogens is 434 g/mol. The van der Waals surface area contributed by atoms with Crippen LogP contribution in [0.3, 0.4) is 0 Å². The van der Waals surface area contributed by atoms with Crippen LogP contribution < -0.4 is 11.0 Å². The van der Waals surface area contributed by atoms with E-state index in [1.165, 1.54) is 68.6 Å². The second-order valence-corrected chi connectivity index (χ2v) is 8.92. The summed E-state index contributed by atoms with van der Waals surface area (Å²) in [6.07, 6.45) is 21.0. The molecule has 1 aliphatic heterocycles. The van der Waals surface area contributed by atoms with E-state index in [9.17, 15) is 9.59 Å². The summed E-state index contributed by atoms with van der Waals surface area (Å²) in [5.74, 6) is 0.0969. The van der Waals surface area contributed by atoms with Gasteiger partial charge in [-0.15, -0.1) is 0 Å². The third-order valence-corrected chi connectivity index (χ3v) is 5.96. The first-order valence-electron chi connectivity index (χ1n) is 13.1. The Hall–Kier alpha value is -2.03. The van der Waals surface area contributed by atoms with Crippen molar-refractivity contribution in [1.82, 2.24) is 9.55 Å². The SMILES string of the molecule is CCCCCCCC/C=C/CCCCCCCC(=O)Nc1ccn([C@@H]2CO[C@H](CO)O2)c(=O)n1. The maximum Gasteiger partial charge on any atom is 0.351 e. The average molecular weight is 478 g/mol. The van der Waals surface area contributed by atoms with Crippen molar-refractivity contribution < 1.29 is 19.4 Å². The molecule has 0 unspecified atom stereocenters. The average Bonchev–Trinajstić information content (AvgIpc) is 3.30. The summed E-state index contributed by atoms with van der Waals surface area (Å²) in [6, 6.07) is 1.56. The minimum Gasteiger partial charge on any atom is -0.391 e. The molecule has 0 bridgehead atoms. The molecule has 192 valence electrons. The van der Waals surface area contributed by atoms with Gasteiger partial charge in [-0.05, 0) is 38.2 Å². The number of nitrogens with zero attached hydrogens (tertiary/aromatic N) is 2. The van der Waals surface area contributed by atoms with Gasteiger partial charge in [0.05, 0.1) is 13.2 Å². The molecule has 34 heavy (non-hydrogen) atoms. The van der Waals surface area contributed by atoms with E-state index < -0.39 is 18.2 Å². The quantitative estimate of drug-likeness (QED) is 0.226. The van der Waals surface area contributed by atoms with E-state index >= 15 is 0 Å². The molecule has 0 spiro atoms. The number of carbonyl (C=O) groups is 1. The zero-order valence-corrected chi connectivity index (χ0v) is 20.8. The molecule has 0 aliphatic carbocycles. The van der Waals surface area contributed by atoms with Gasteiger partial charge < -0.3 is 19.9 Å². The van der Waals surface area contributed by atoms with Crippen molar-refractivity contribution in [2.45, 2.75) is 109 Å². The standard InChI is InChI=1S/C26H43N3O5/c1-2-3-4-5-6-7-8-9-10-11-12-13-14-15-16-17-23(31)27-22-18-19-29(26(32)28-22)24-21-33-25(20-30)34-24/h9-10,18-19,24-25,30H,2-8,11-17,20-21H2,1H3,(H,27,28,31,32)/b10-9+/t24-,25-/m0/s1. The lowest BCUT2D eigenvalue weighted by Crippen LogP contribution is -2.29. The van der Waals surface area contributed by atoms with Gasteiger partial charge in [0.15, 0.2) is 12.5 Å². The Balaban J connectivity index is 1.48. The molecule has 2 N–H and O–H groups in total. The second-order valence-electron chi connectivity index (χ2n) is 8.92. The number of hydrogen-bond acceptors (Lipinski definition) is 6. The Labute approximate surface area is 203 Å². The first-order valence-corrected chi connectivity index (χ1v) is 13.1. The molecule has 1 aliphatic rings. The molecule has 1 fully saturated rings. The van der Waals surface area contributed by atoms with Crippen LogP contribution in [0.5, 0.6) is 0 Å². The number of nitrogens with one attached hydrogen (secondary N) is 1. The smallest absolute Gasteiger partial charge is 0.351 e. The highest BCUT2D eigenvalue weighted by Gasteiger charge is 2.27. The summed E-state index contributed by atoms with van der Waals surface area (Å²) in [5.41, 5.74) is -0.536. The highest BCUT2D eigenvalue weighted by Crippen LogP contribution is 2.19. The van der Waals surface area contributed by atoms with Crippen LogP contribution in [0.1, 0.15) is 103 Å². The van der Waals surface area contributed by atoms with Crippen LogP contribution in [-0.4, -0.2) is 40.1 Å². The van der Waals surface area contributed by atoms with Crippen LogP contribution in [-0.2, 0) is 14.3 Å². The van der Waals surface area contributed by atoms with Crippen LogP contribution >= 0.6 is 0 Å². The van der Waals surface area contributed by atoms with Crippen molar-refractivity contribution >= 4 is 11.7 Å². The maximum atomic E-state index is 12.2. The van der Waals surface area contributed by atoms with Crippen LogP contribution in [0.15, 0.2) is 29.2 Å². The molecule has 2 rings (SSSR count). The predicted octanol–water partition coefficient (Wildman–Crippen LogP) is 5.08. The normalized spacial score (nSPS) is 18.1. The molecule has 0 radical (unpaired) electrons. The van der Waals surface area contributed by atoms with Gasteiger partial charge in [-0.1, -0.05) is 70.4 Å². The van der Waals surface area contributed by atoms with Gasteiger partial charge in [0.2, 0.25) is 5.91 Å². The van der Waals surface area contributed by atoms with Crippen molar-refractivity contribution in [3.05, 3.63) is 34.9 Å². The zero-order chi connectivity index (χ0) is 24.4. The van der Waals surface area contributed by atoms with E-state index in [1.54, 1.807) is 6.07 Å². The minimum atomic E-state index is -0.734. The van der Waals surface area contributed by atoms with Gasteiger partial charge in [0.25, 0.3) is 0 Å². The number of amides is 1. The largest absolute Gasteiger partial charge is 0.391 e. The third kappa shape index (κ3) is 11.4. The molecule has 8 heteroatoms. The van der Waals surface area contributed by atoms with Gasteiger partial charge in [-0.25, -0.2) is 4.79 Å². The topological polar surface area (TPSA) is 103 Å². The fourth-order valence-electron chi connectivity index (χ4n) is 3.95. The van der Waals surface area contributed by atoms with E-state index in [-0.39, 0.29) is 24.9 Å². The van der Waals surface area contributed by atoms with Gasteiger partial charge >= 0.3 is 5.69 Å². The Kier molecular flexibility index (Phi) is 14.4. The number of carbonyl (C=O) groups excluding carboxylic acids is 1. The van der Waals surface area contributed by atoms with Crippen LogP contribution in [0, 0.1) is 0 Å². The van der Waals surface area contributed by atoms with E-state index in [1.807, 2.05) is 0 Å². The fraction of sp³-hybridized carbons (Fsp3) is 0.731. The number of hydrogen-bond donors (Lipinski definition) is 2. The molecule has 1 amide bonds. The highest BCUT2D eigenvalue weighted by atomic mass is 16.7. The van der Waals surface area contributed by atoms with Crippen molar-refractivity contribution in [2.24, 2.45) is 0 Å². The number of anilines is 1. The Morgan fingerprint density at radius 2 is 1.74 bits per heavy atom. The highest BCUT2D eigenvalue weighted by molar-refractivity contribution is 5.89. The predicted molar refractivity (Wildman–Crippen MR) is 134 cm³/mol. The van der Waals surface area contributed by atoms with Crippen LogP contribution in [0.25, 0.3) is 0 Å². The van der Waals surface area contributed by atoms with Gasteiger partial charge in [0, 0.05) is 12.6 Å². The zero-order valence-electron chi connectivity index (χ0n) is 20.8. The maximum absolute atomic E-state index is 12.2. The molecular formula is C26H43N3O5. The molecule has 2 heterocycles. The Morgan fingerprint density at radius 3 is 2.35 bits per heavy atom. The second kappa shape index (κ2) is 17.4. The number of aromatic nitrogens is 2. The van der Waals surface area contributed by atoms with Crippen molar-refractivity contribution in [3.8, 4) is 0 Å². The summed E-state index contributed by atoms with van der Waals surface area (Å²) in [4.78, 5) is 28.2. The number of rotatable bonds is 18. The summed E-state index contributed by atoms with van der Waals surface area (Å²) >= 11 is 0. The van der Waals surface area contributed by atoms with E-state index in [2.05, 4.69) is 29.4 Å². The summed E-state index contributed by atoms with van der Waals surface area (Å²) in [6.45, 7) is 2.14. The van der Waals surface area contributed by atoms with Gasteiger partial charge in [-0.3, -0.25) is 9.36 Å². The molecule has 8 nitrogen and oxygen atoms in total. The van der Waals surface area contributed by atoms with Gasteiger partial charge in [0.1, 0.15) is 5.82 Å². The van der Waals surface area contributed by atoms with Crippen molar-refractivity contribution in [1.29, 1.82) is 0 Å². The number of ether oxygens (including phenoxy) is 2. The summed E-state index contributed by atoms with van der Waals surface area (Å²) in [7, 11) is 0. The monoisotopic (exact) mass is 477 g/mol. The number of allylic oxidation sites excluding steroid dienone is 2. The lowest BCUT2D eigenvalue weighted by atomic mass is 10.1. The summed E-state index contributed by atoms with van der Waals surface area (Å²) < 4.78 is 11.9. The number of aliphatic hydroxyl groups is 1.